The summed E-state index contributed by atoms with van der Waals surface area (Å²) in [4.78, 5) is 8.72. The van der Waals surface area contributed by atoms with Gasteiger partial charge in [0.25, 0.3) is 0 Å². The molecule has 1 aromatic heterocycles. The Bertz CT molecular complexity index is 340. The zero-order valence-corrected chi connectivity index (χ0v) is 12.0. The van der Waals surface area contributed by atoms with Gasteiger partial charge in [0.2, 0.25) is 0 Å². The number of rotatable bonds is 8. The second-order valence-electron chi connectivity index (χ2n) is 4.04. The van der Waals surface area contributed by atoms with Crippen LogP contribution in [-0.2, 0) is 0 Å². The molecule has 5 nitrogen and oxygen atoms in total. The molecule has 0 spiro atoms. The van der Waals surface area contributed by atoms with Gasteiger partial charge in [0, 0.05) is 26.3 Å². The molecule has 0 aliphatic carbocycles. The zero-order chi connectivity index (χ0) is 13.4. The van der Waals surface area contributed by atoms with E-state index in [-0.39, 0.29) is 6.61 Å². The predicted octanol–water partition coefficient (Wildman–Crippen LogP) is 2.06. The van der Waals surface area contributed by atoms with Crippen molar-refractivity contribution < 1.29 is 5.11 Å². The average Bonchev–Trinajstić information content (AvgIpc) is 2.42. The van der Waals surface area contributed by atoms with Crippen molar-refractivity contribution in [1.29, 1.82) is 0 Å². The Morgan fingerprint density at radius 2 is 2.11 bits per heavy atom. The minimum absolute atomic E-state index is 0.238. The van der Waals surface area contributed by atoms with Gasteiger partial charge < -0.3 is 15.7 Å². The molecule has 0 aromatic carbocycles. The maximum Gasteiger partial charge on any atom is 0.191 e. The summed E-state index contributed by atoms with van der Waals surface area (Å²) in [6.07, 6.45) is 3.83. The third-order valence-electron chi connectivity index (χ3n) is 2.83. The highest BCUT2D eigenvalue weighted by atomic mass is 32.2. The van der Waals surface area contributed by atoms with Crippen molar-refractivity contribution in [2.24, 2.45) is 5.92 Å². The second kappa shape index (κ2) is 8.16. The Labute approximate surface area is 113 Å². The number of aliphatic hydroxyl groups is 1. The van der Waals surface area contributed by atoms with E-state index in [0.29, 0.717) is 5.92 Å². The molecule has 102 valence electrons. The van der Waals surface area contributed by atoms with E-state index in [9.17, 15) is 0 Å². The highest BCUT2D eigenvalue weighted by molar-refractivity contribution is 7.98. The predicted molar refractivity (Wildman–Crippen MR) is 77.3 cm³/mol. The number of hydrogen-bond acceptors (Lipinski definition) is 6. The van der Waals surface area contributed by atoms with Gasteiger partial charge in [0.1, 0.15) is 11.6 Å². The maximum absolute atomic E-state index is 8.96. The molecule has 18 heavy (non-hydrogen) atoms. The zero-order valence-electron chi connectivity index (χ0n) is 11.2. The molecule has 0 fully saturated rings. The number of nitrogens with zero attached hydrogens (tertiary/aromatic N) is 2. The van der Waals surface area contributed by atoms with Gasteiger partial charge in [-0.25, -0.2) is 9.97 Å². The first-order chi connectivity index (χ1) is 8.73. The summed E-state index contributed by atoms with van der Waals surface area (Å²) in [5.74, 6) is 2.11. The summed E-state index contributed by atoms with van der Waals surface area (Å²) in [5.41, 5.74) is 0. The molecule has 1 aromatic rings. The molecule has 0 radical (unpaired) electrons. The van der Waals surface area contributed by atoms with Crippen LogP contribution in [0.15, 0.2) is 11.2 Å². The van der Waals surface area contributed by atoms with Crippen LogP contribution in [0.25, 0.3) is 0 Å². The fourth-order valence-electron chi connectivity index (χ4n) is 1.62. The van der Waals surface area contributed by atoms with Crippen LogP contribution in [0.4, 0.5) is 11.6 Å². The summed E-state index contributed by atoms with van der Waals surface area (Å²) in [5, 5.41) is 16.1. The highest BCUT2D eigenvalue weighted by Gasteiger charge is 2.07. The van der Waals surface area contributed by atoms with E-state index < -0.39 is 0 Å². The average molecular weight is 270 g/mol. The summed E-state index contributed by atoms with van der Waals surface area (Å²) >= 11 is 1.52. The fraction of sp³-hybridized carbons (Fsp3) is 0.667. The van der Waals surface area contributed by atoms with E-state index in [1.54, 1.807) is 0 Å². The first-order valence-corrected chi connectivity index (χ1v) is 7.41. The van der Waals surface area contributed by atoms with Gasteiger partial charge in [-0.1, -0.05) is 25.1 Å². The van der Waals surface area contributed by atoms with Crippen molar-refractivity contribution in [3.05, 3.63) is 6.07 Å². The van der Waals surface area contributed by atoms with Crippen LogP contribution in [-0.4, -0.2) is 41.5 Å². The van der Waals surface area contributed by atoms with Crippen molar-refractivity contribution in [1.82, 2.24) is 9.97 Å². The van der Waals surface area contributed by atoms with Gasteiger partial charge in [-0.3, -0.25) is 0 Å². The van der Waals surface area contributed by atoms with Crippen molar-refractivity contribution in [3.8, 4) is 0 Å². The van der Waals surface area contributed by atoms with Gasteiger partial charge in [0.05, 0.1) is 0 Å². The van der Waals surface area contributed by atoms with Crippen LogP contribution in [0.3, 0.4) is 0 Å². The van der Waals surface area contributed by atoms with Crippen LogP contribution in [0.2, 0.25) is 0 Å². The number of aliphatic hydroxyl groups excluding tert-OH is 1. The van der Waals surface area contributed by atoms with Gasteiger partial charge in [-0.2, -0.15) is 0 Å². The van der Waals surface area contributed by atoms with Crippen molar-refractivity contribution >= 4 is 23.4 Å². The number of anilines is 2. The summed E-state index contributed by atoms with van der Waals surface area (Å²) in [6.45, 7) is 3.20. The lowest BCUT2D eigenvalue weighted by atomic mass is 10.0. The Kier molecular flexibility index (Phi) is 6.82. The van der Waals surface area contributed by atoms with Gasteiger partial charge in [-0.05, 0) is 18.6 Å². The number of thioether (sulfide) groups is 1. The smallest absolute Gasteiger partial charge is 0.191 e. The van der Waals surface area contributed by atoms with Crippen LogP contribution >= 0.6 is 11.8 Å². The lowest BCUT2D eigenvalue weighted by molar-refractivity contribution is 0.258. The molecule has 1 heterocycles. The number of aromatic nitrogens is 2. The van der Waals surface area contributed by atoms with E-state index in [1.165, 1.54) is 11.8 Å². The molecule has 0 aliphatic rings. The molecule has 3 N–H and O–H groups in total. The van der Waals surface area contributed by atoms with Crippen LogP contribution in [0, 0.1) is 5.92 Å². The van der Waals surface area contributed by atoms with E-state index in [1.807, 2.05) is 19.4 Å². The lowest BCUT2D eigenvalue weighted by Gasteiger charge is -2.15. The molecular weight excluding hydrogens is 248 g/mol. The number of hydrogen-bond donors (Lipinski definition) is 3. The van der Waals surface area contributed by atoms with Crippen LogP contribution in [0.5, 0.6) is 0 Å². The molecular formula is C12H22N4OS. The van der Waals surface area contributed by atoms with Crippen LogP contribution in [0.1, 0.15) is 19.8 Å². The minimum Gasteiger partial charge on any atom is -0.396 e. The quantitative estimate of drug-likeness (QED) is 0.496. The molecule has 0 amide bonds. The van der Waals surface area contributed by atoms with E-state index >= 15 is 0 Å². The normalized spacial score (nSPS) is 12.2. The molecule has 0 bridgehead atoms. The van der Waals surface area contributed by atoms with Gasteiger partial charge in [0.15, 0.2) is 5.16 Å². The second-order valence-corrected chi connectivity index (χ2v) is 4.82. The molecule has 0 saturated carbocycles. The Morgan fingerprint density at radius 1 is 1.39 bits per heavy atom. The van der Waals surface area contributed by atoms with E-state index in [0.717, 1.165) is 36.2 Å². The first-order valence-electron chi connectivity index (χ1n) is 6.19. The third-order valence-corrected chi connectivity index (χ3v) is 3.38. The summed E-state index contributed by atoms with van der Waals surface area (Å²) < 4.78 is 0. The van der Waals surface area contributed by atoms with Gasteiger partial charge in [-0.15, -0.1) is 0 Å². The summed E-state index contributed by atoms with van der Waals surface area (Å²) in [6, 6.07) is 1.89. The molecule has 0 aliphatic heterocycles. The monoisotopic (exact) mass is 270 g/mol. The maximum atomic E-state index is 8.96. The third kappa shape index (κ3) is 4.70. The Morgan fingerprint density at radius 3 is 2.67 bits per heavy atom. The lowest BCUT2D eigenvalue weighted by Crippen LogP contribution is -2.16. The Hall–Kier alpha value is -1.01. The van der Waals surface area contributed by atoms with E-state index in [4.69, 9.17) is 5.11 Å². The van der Waals surface area contributed by atoms with Crippen LogP contribution < -0.4 is 10.6 Å². The fourth-order valence-corrected chi connectivity index (χ4v) is 2.00. The standard InChI is InChI=1S/C12H22N4OS/c1-4-9(5-6-17)8-14-11-7-10(13-2)15-12(16-11)18-3/h7,9,17H,4-6,8H2,1-3H3,(H2,13,14,15,16). The van der Waals surface area contributed by atoms with Gasteiger partial charge >= 0.3 is 0 Å². The highest BCUT2D eigenvalue weighted by Crippen LogP contribution is 2.17. The number of nitrogens with one attached hydrogen (secondary N) is 2. The SMILES string of the molecule is CCC(CCO)CNc1cc(NC)nc(SC)n1. The molecule has 1 unspecified atom stereocenters. The molecule has 0 saturated heterocycles. The molecule has 1 atom stereocenters. The molecule has 1 rings (SSSR count). The van der Waals surface area contributed by atoms with Crippen molar-refractivity contribution in [3.63, 3.8) is 0 Å². The van der Waals surface area contributed by atoms with E-state index in [2.05, 4.69) is 27.5 Å². The first kappa shape index (κ1) is 15.0. The Balaban J connectivity index is 2.65. The molecule has 6 heteroatoms. The van der Waals surface area contributed by atoms with Crippen molar-refractivity contribution in [2.45, 2.75) is 24.9 Å². The van der Waals surface area contributed by atoms with Crippen molar-refractivity contribution in [2.75, 3.05) is 37.1 Å². The summed E-state index contributed by atoms with van der Waals surface area (Å²) in [7, 11) is 1.84. The minimum atomic E-state index is 0.238. The topological polar surface area (TPSA) is 70.1 Å². The largest absolute Gasteiger partial charge is 0.396 e.